The second-order valence-electron chi connectivity index (χ2n) is 5.99. The fourth-order valence-electron chi connectivity index (χ4n) is 1.72. The average Bonchev–Trinajstić information content (AvgIpc) is 2.34. The van der Waals surface area contributed by atoms with Gasteiger partial charge in [-0.25, -0.2) is 4.79 Å². The van der Waals surface area contributed by atoms with Gasteiger partial charge in [-0.3, -0.25) is 4.79 Å². The monoisotopic (exact) mass is 300 g/mol. The van der Waals surface area contributed by atoms with Crippen molar-refractivity contribution in [3.05, 3.63) is 0 Å². The maximum absolute atomic E-state index is 11.7. The van der Waals surface area contributed by atoms with E-state index >= 15 is 0 Å². The van der Waals surface area contributed by atoms with E-state index < -0.39 is 11.2 Å². The number of ether oxygens (including phenoxy) is 2. The largest absolute Gasteiger partial charge is 0.458 e. The topological polar surface area (TPSA) is 71.1 Å². The van der Waals surface area contributed by atoms with Crippen LogP contribution in [0, 0.1) is 0 Å². The van der Waals surface area contributed by atoms with Crippen molar-refractivity contribution < 1.29 is 28.4 Å². The molecular formula is C13H26B2O6. The molecule has 0 N–H and O–H groups in total. The fourth-order valence-corrected chi connectivity index (χ4v) is 1.72. The van der Waals surface area contributed by atoms with Gasteiger partial charge in [0.15, 0.2) is 5.78 Å². The Hall–Kier alpha value is -0.850. The predicted molar refractivity (Wildman–Crippen MR) is 83.4 cm³/mol. The van der Waals surface area contributed by atoms with E-state index in [0.717, 1.165) is 0 Å². The van der Waals surface area contributed by atoms with Crippen LogP contribution < -0.4 is 0 Å². The maximum atomic E-state index is 11.7. The van der Waals surface area contributed by atoms with E-state index in [1.807, 2.05) is 13.8 Å². The molecule has 0 saturated heterocycles. The summed E-state index contributed by atoms with van der Waals surface area (Å²) in [4.78, 5) is 23.1. The van der Waals surface area contributed by atoms with Gasteiger partial charge in [-0.2, -0.15) is 0 Å². The summed E-state index contributed by atoms with van der Waals surface area (Å²) >= 11 is 0. The SMILES string of the molecule is BOCC(=O)OC(C)(C)CCCOC(C)(C)C(=O)COB. The first-order valence-electron chi connectivity index (χ1n) is 7.01. The molecule has 6 nitrogen and oxygen atoms in total. The van der Waals surface area contributed by atoms with Gasteiger partial charge >= 0.3 is 5.97 Å². The highest BCUT2D eigenvalue weighted by Crippen LogP contribution is 2.19. The van der Waals surface area contributed by atoms with Gasteiger partial charge in [0.25, 0.3) is 16.1 Å². The standard InChI is InChI=1S/C13H26B2O6/c1-12(2,21-11(17)9-20-15)6-5-7-18-13(3,4)10(16)8-19-14/h5-9,14-15H2,1-4H3. The molecule has 0 amide bonds. The van der Waals surface area contributed by atoms with E-state index in [0.29, 0.717) is 19.4 Å². The first-order chi connectivity index (χ1) is 9.64. The van der Waals surface area contributed by atoms with Crippen LogP contribution in [0.2, 0.25) is 0 Å². The normalized spacial score (nSPS) is 12.2. The first-order valence-corrected chi connectivity index (χ1v) is 7.01. The molecule has 0 radical (unpaired) electrons. The number of esters is 1. The summed E-state index contributed by atoms with van der Waals surface area (Å²) in [5, 5.41) is 0. The van der Waals surface area contributed by atoms with E-state index in [1.165, 1.54) is 16.1 Å². The Labute approximate surface area is 128 Å². The molecule has 0 unspecified atom stereocenters. The summed E-state index contributed by atoms with van der Waals surface area (Å²) in [6, 6.07) is 0. The van der Waals surface area contributed by atoms with Crippen LogP contribution in [0.1, 0.15) is 40.5 Å². The summed E-state index contributed by atoms with van der Waals surface area (Å²) in [6.45, 7) is 7.50. The Bertz CT molecular complexity index is 344. The molecule has 0 aliphatic heterocycles. The third-order valence-corrected chi connectivity index (χ3v) is 2.99. The number of ketones is 1. The van der Waals surface area contributed by atoms with Crippen LogP contribution in [0.25, 0.3) is 0 Å². The van der Waals surface area contributed by atoms with Crippen LogP contribution in [0.5, 0.6) is 0 Å². The molecule has 0 heterocycles. The van der Waals surface area contributed by atoms with Crippen LogP contribution in [0.4, 0.5) is 0 Å². The molecule has 0 aliphatic carbocycles. The van der Waals surface area contributed by atoms with Crippen molar-refractivity contribution in [2.45, 2.75) is 51.7 Å². The highest BCUT2D eigenvalue weighted by molar-refractivity contribution is 6.00. The molecule has 0 atom stereocenters. The number of carbonyl (C=O) groups is 2. The summed E-state index contributed by atoms with van der Waals surface area (Å²) in [7, 11) is 2.92. The Balaban J connectivity index is 4.08. The second-order valence-corrected chi connectivity index (χ2v) is 5.99. The van der Waals surface area contributed by atoms with Crippen molar-refractivity contribution in [3.63, 3.8) is 0 Å². The molecule has 0 aliphatic rings. The molecule has 0 aromatic rings. The lowest BCUT2D eigenvalue weighted by atomic mass is 10.0. The quantitative estimate of drug-likeness (QED) is 0.293. The van der Waals surface area contributed by atoms with Crippen LogP contribution in [0.15, 0.2) is 0 Å². The van der Waals surface area contributed by atoms with Crippen molar-refractivity contribution in [2.24, 2.45) is 0 Å². The summed E-state index contributed by atoms with van der Waals surface area (Å²) in [6.07, 6.45) is 1.31. The molecule has 0 rings (SSSR count). The molecule has 0 saturated carbocycles. The van der Waals surface area contributed by atoms with Crippen molar-refractivity contribution in [1.29, 1.82) is 0 Å². The molecular weight excluding hydrogens is 274 g/mol. The zero-order valence-corrected chi connectivity index (χ0v) is 14.0. The van der Waals surface area contributed by atoms with Gasteiger partial charge in [0.1, 0.15) is 17.8 Å². The minimum Gasteiger partial charge on any atom is -0.458 e. The Kier molecular flexibility index (Phi) is 8.85. The van der Waals surface area contributed by atoms with Crippen LogP contribution >= 0.6 is 0 Å². The first kappa shape index (κ1) is 20.1. The van der Waals surface area contributed by atoms with E-state index in [4.69, 9.17) is 18.8 Å². The Morgan fingerprint density at radius 1 is 1.00 bits per heavy atom. The summed E-state index contributed by atoms with van der Waals surface area (Å²) < 4.78 is 20.4. The maximum Gasteiger partial charge on any atom is 0.330 e. The molecule has 21 heavy (non-hydrogen) atoms. The average molecular weight is 300 g/mol. The molecule has 0 aromatic heterocycles. The van der Waals surface area contributed by atoms with Crippen molar-refractivity contribution >= 4 is 27.9 Å². The minimum absolute atomic E-state index is 0.0348. The van der Waals surface area contributed by atoms with E-state index in [9.17, 15) is 9.59 Å². The van der Waals surface area contributed by atoms with E-state index in [1.54, 1.807) is 13.8 Å². The van der Waals surface area contributed by atoms with Gasteiger partial charge in [0, 0.05) is 6.61 Å². The number of Topliss-reactive ketones (excluding diaryl/α,β-unsaturated/α-hetero) is 1. The van der Waals surface area contributed by atoms with Gasteiger partial charge in [0.2, 0.25) is 0 Å². The van der Waals surface area contributed by atoms with Crippen molar-refractivity contribution in [1.82, 2.24) is 0 Å². The molecule has 0 fully saturated rings. The third-order valence-electron chi connectivity index (χ3n) is 2.99. The lowest BCUT2D eigenvalue weighted by Crippen LogP contribution is -2.38. The number of rotatable bonds is 11. The molecule has 8 heteroatoms. The van der Waals surface area contributed by atoms with E-state index in [-0.39, 0.29) is 25.0 Å². The zero-order chi connectivity index (χ0) is 16.5. The van der Waals surface area contributed by atoms with Crippen molar-refractivity contribution in [3.8, 4) is 0 Å². The van der Waals surface area contributed by atoms with Gasteiger partial charge in [-0.1, -0.05) is 0 Å². The van der Waals surface area contributed by atoms with Gasteiger partial charge in [0.05, 0.1) is 6.61 Å². The van der Waals surface area contributed by atoms with E-state index in [2.05, 4.69) is 0 Å². The third kappa shape index (κ3) is 8.90. The predicted octanol–water partition coefficient (Wildman–Crippen LogP) is -0.418. The van der Waals surface area contributed by atoms with Gasteiger partial charge in [-0.15, -0.1) is 0 Å². The number of carbonyl (C=O) groups excluding carboxylic acids is 2. The summed E-state index contributed by atoms with van der Waals surface area (Å²) in [5.74, 6) is -0.491. The Morgan fingerprint density at radius 3 is 2.10 bits per heavy atom. The fraction of sp³-hybridized carbons (Fsp3) is 0.846. The minimum atomic E-state index is -0.868. The highest BCUT2D eigenvalue weighted by Gasteiger charge is 2.28. The van der Waals surface area contributed by atoms with Crippen LogP contribution in [0.3, 0.4) is 0 Å². The molecule has 120 valence electrons. The van der Waals surface area contributed by atoms with Crippen LogP contribution in [-0.4, -0.2) is 58.9 Å². The van der Waals surface area contributed by atoms with Gasteiger partial charge in [-0.05, 0) is 40.5 Å². The smallest absolute Gasteiger partial charge is 0.330 e. The Morgan fingerprint density at radius 2 is 1.57 bits per heavy atom. The van der Waals surface area contributed by atoms with Crippen LogP contribution in [-0.2, 0) is 28.4 Å². The zero-order valence-electron chi connectivity index (χ0n) is 14.0. The second kappa shape index (κ2) is 9.23. The number of hydrogen-bond donors (Lipinski definition) is 0. The summed E-state index contributed by atoms with van der Waals surface area (Å²) in [5.41, 5.74) is -1.45. The molecule has 0 bridgehead atoms. The number of hydrogen-bond acceptors (Lipinski definition) is 6. The molecule has 0 aromatic carbocycles. The highest BCUT2D eigenvalue weighted by atomic mass is 16.6. The molecule has 0 spiro atoms. The van der Waals surface area contributed by atoms with Gasteiger partial charge < -0.3 is 18.8 Å². The van der Waals surface area contributed by atoms with Crippen molar-refractivity contribution in [2.75, 3.05) is 19.8 Å². The lowest BCUT2D eigenvalue weighted by molar-refractivity contribution is -0.160. The lowest BCUT2D eigenvalue weighted by Gasteiger charge is -2.27.